The number of nitrogens with zero attached hydrogens (tertiary/aromatic N) is 2. The molecule has 0 N–H and O–H groups in total. The molecule has 0 saturated carbocycles. The summed E-state index contributed by atoms with van der Waals surface area (Å²) < 4.78 is 15.0. The minimum Gasteiger partial charge on any atom is -0.457 e. The lowest BCUT2D eigenvalue weighted by Gasteiger charge is -2.11. The van der Waals surface area contributed by atoms with Crippen molar-refractivity contribution >= 4 is 60.3 Å². The van der Waals surface area contributed by atoms with Crippen molar-refractivity contribution < 1.29 is 13.4 Å². The van der Waals surface area contributed by atoms with Crippen LogP contribution in [0.3, 0.4) is 0 Å². The molecule has 7 aromatic rings. The normalized spacial score (nSPS) is 11.8. The Balaban J connectivity index is 1.66. The van der Waals surface area contributed by atoms with Gasteiger partial charge in [-0.25, -0.2) is 9.41 Å². The van der Waals surface area contributed by atoms with E-state index in [1.807, 2.05) is 30.3 Å². The molecule has 35 heavy (non-hydrogen) atoms. The van der Waals surface area contributed by atoms with E-state index in [4.69, 9.17) is 15.4 Å². The minimum absolute atomic E-state index is 0.612. The summed E-state index contributed by atoms with van der Waals surface area (Å²) in [7, 11) is 2.07. The highest BCUT2D eigenvalue weighted by atomic mass is 16.3. The van der Waals surface area contributed by atoms with Gasteiger partial charge in [-0.3, -0.25) is 0 Å². The monoisotopic (exact) mass is 453 g/mol. The van der Waals surface area contributed by atoms with Gasteiger partial charge in [-0.05, 0) is 49.2 Å². The van der Waals surface area contributed by atoms with Crippen molar-refractivity contribution in [2.45, 2.75) is 13.8 Å². The lowest BCUT2D eigenvalue weighted by Crippen LogP contribution is -2.30. The fraction of sp³-hybridized carbons (Fsp3) is 0.0968. The second kappa shape index (κ2) is 6.94. The molecule has 4 aromatic carbocycles. The highest BCUT2D eigenvalue weighted by Crippen LogP contribution is 2.43. The third kappa shape index (κ3) is 2.58. The van der Waals surface area contributed by atoms with Crippen LogP contribution in [0.2, 0.25) is 0 Å². The van der Waals surface area contributed by atoms with E-state index in [-0.39, 0.29) is 0 Å². The van der Waals surface area contributed by atoms with Crippen molar-refractivity contribution in [3.8, 4) is 11.3 Å². The third-order valence-corrected chi connectivity index (χ3v) is 7.30. The quantitative estimate of drug-likeness (QED) is 0.185. The SMILES string of the molecule is [C-]#[N+]c1cccc2oc3c4cc[n+](C)c(-c5c(C)c(C)cc6c5oc5ccccc56)c4ccc3c12. The van der Waals surface area contributed by atoms with Gasteiger partial charge in [0.05, 0.1) is 17.5 Å². The Labute approximate surface area is 201 Å². The number of aryl methyl sites for hydroxylation is 2. The zero-order chi connectivity index (χ0) is 23.8. The molecule has 0 spiro atoms. The number of rotatable bonds is 1. The van der Waals surface area contributed by atoms with Crippen LogP contribution < -0.4 is 4.57 Å². The lowest BCUT2D eigenvalue weighted by atomic mass is 9.93. The van der Waals surface area contributed by atoms with E-state index in [2.05, 4.69) is 72.9 Å². The molecule has 0 aliphatic carbocycles. The topological polar surface area (TPSA) is 34.5 Å². The zero-order valence-corrected chi connectivity index (χ0v) is 19.6. The standard InChI is InChI=1S/C31H21N2O2/c1-17-16-23-19-8-5-6-10-25(19)34-31(23)27(18(17)2)29-20-12-13-22-28-24(32-3)9-7-11-26(28)35-30(22)21(20)14-15-33(29)4/h5-16H,1-2,4H3/q+1. The van der Waals surface area contributed by atoms with Gasteiger partial charge >= 0.3 is 0 Å². The number of furan rings is 2. The molecule has 0 atom stereocenters. The Morgan fingerprint density at radius 3 is 2.37 bits per heavy atom. The van der Waals surface area contributed by atoms with Crippen LogP contribution in [0.1, 0.15) is 11.1 Å². The van der Waals surface area contributed by atoms with Crippen molar-refractivity contribution in [2.75, 3.05) is 0 Å². The summed E-state index contributed by atoms with van der Waals surface area (Å²) in [5, 5.41) is 6.20. The number of hydrogen-bond donors (Lipinski definition) is 0. The van der Waals surface area contributed by atoms with Crippen molar-refractivity contribution in [3.05, 3.63) is 95.5 Å². The first kappa shape index (κ1) is 19.8. The summed E-state index contributed by atoms with van der Waals surface area (Å²) in [4.78, 5) is 3.73. The van der Waals surface area contributed by atoms with Crippen LogP contribution in [-0.2, 0) is 7.05 Å². The summed E-state index contributed by atoms with van der Waals surface area (Å²) >= 11 is 0. The van der Waals surface area contributed by atoms with E-state index < -0.39 is 0 Å². The summed E-state index contributed by atoms with van der Waals surface area (Å²) in [6.45, 7) is 11.9. The number of pyridine rings is 1. The molecule has 4 heteroatoms. The average Bonchev–Trinajstić information content (AvgIpc) is 3.43. The molecule has 0 fully saturated rings. The molecule has 0 aliphatic heterocycles. The maximum absolute atomic E-state index is 7.61. The van der Waals surface area contributed by atoms with E-state index in [9.17, 15) is 0 Å². The predicted octanol–water partition coefficient (Wildman–Crippen LogP) is 8.30. The van der Waals surface area contributed by atoms with Crippen molar-refractivity contribution in [1.82, 2.24) is 0 Å². The Hall–Kier alpha value is -4.62. The van der Waals surface area contributed by atoms with Gasteiger partial charge in [-0.1, -0.05) is 36.4 Å². The molecule has 0 saturated heterocycles. The van der Waals surface area contributed by atoms with Crippen LogP contribution in [0.5, 0.6) is 0 Å². The van der Waals surface area contributed by atoms with Gasteiger partial charge in [0.2, 0.25) is 5.69 Å². The number of para-hydroxylation sites is 1. The number of fused-ring (bicyclic) bond motifs is 8. The molecular weight excluding hydrogens is 432 g/mol. The first-order chi connectivity index (χ1) is 17.1. The van der Waals surface area contributed by atoms with Crippen LogP contribution in [0.15, 0.2) is 81.8 Å². The molecule has 7 rings (SSSR count). The molecule has 0 radical (unpaired) electrons. The Morgan fingerprint density at radius 1 is 0.743 bits per heavy atom. The molecule has 4 nitrogen and oxygen atoms in total. The molecular formula is C31H21N2O2+. The fourth-order valence-electron chi connectivity index (χ4n) is 5.49. The minimum atomic E-state index is 0.612. The van der Waals surface area contributed by atoms with Gasteiger partial charge in [-0.2, -0.15) is 0 Å². The van der Waals surface area contributed by atoms with E-state index in [1.54, 1.807) is 0 Å². The van der Waals surface area contributed by atoms with Crippen molar-refractivity contribution in [1.29, 1.82) is 0 Å². The van der Waals surface area contributed by atoms with Crippen LogP contribution in [0, 0.1) is 20.4 Å². The van der Waals surface area contributed by atoms with Crippen LogP contribution in [0.4, 0.5) is 5.69 Å². The summed E-state index contributed by atoms with van der Waals surface area (Å²) in [6, 6.07) is 22.4. The van der Waals surface area contributed by atoms with Gasteiger partial charge in [0.25, 0.3) is 0 Å². The van der Waals surface area contributed by atoms with Crippen molar-refractivity contribution in [3.63, 3.8) is 0 Å². The third-order valence-electron chi connectivity index (χ3n) is 7.30. The Morgan fingerprint density at radius 2 is 1.51 bits per heavy atom. The van der Waals surface area contributed by atoms with Crippen LogP contribution in [-0.4, -0.2) is 0 Å². The second-order valence-corrected chi connectivity index (χ2v) is 9.21. The highest BCUT2D eigenvalue weighted by Gasteiger charge is 2.26. The summed E-state index contributed by atoms with van der Waals surface area (Å²) in [5.74, 6) is 0. The van der Waals surface area contributed by atoms with Gasteiger partial charge < -0.3 is 8.83 Å². The molecule has 0 aliphatic rings. The zero-order valence-electron chi connectivity index (χ0n) is 19.6. The lowest BCUT2D eigenvalue weighted by molar-refractivity contribution is -0.659. The number of hydrogen-bond acceptors (Lipinski definition) is 2. The average molecular weight is 454 g/mol. The largest absolute Gasteiger partial charge is 0.457 e. The molecule has 0 amide bonds. The smallest absolute Gasteiger partial charge is 0.224 e. The number of benzene rings is 4. The Bertz CT molecular complexity index is 2050. The fourth-order valence-corrected chi connectivity index (χ4v) is 5.49. The second-order valence-electron chi connectivity index (χ2n) is 9.21. The Kier molecular flexibility index (Phi) is 3.93. The van der Waals surface area contributed by atoms with Crippen LogP contribution >= 0.6 is 0 Å². The molecule has 166 valence electrons. The first-order valence-electron chi connectivity index (χ1n) is 11.6. The maximum Gasteiger partial charge on any atom is 0.224 e. The van der Waals surface area contributed by atoms with Gasteiger partial charge in [0.1, 0.15) is 29.4 Å². The van der Waals surface area contributed by atoms with Gasteiger partial charge in [0.15, 0.2) is 11.9 Å². The molecule has 0 bridgehead atoms. The van der Waals surface area contributed by atoms with Crippen LogP contribution in [0.25, 0.3) is 70.8 Å². The summed E-state index contributed by atoms with van der Waals surface area (Å²) in [5.41, 5.74) is 8.55. The van der Waals surface area contributed by atoms with E-state index in [0.29, 0.717) is 5.69 Å². The number of aromatic nitrogens is 1. The maximum atomic E-state index is 7.61. The highest BCUT2D eigenvalue weighted by molar-refractivity contribution is 6.21. The van der Waals surface area contributed by atoms with Gasteiger partial charge in [0, 0.05) is 33.0 Å². The van der Waals surface area contributed by atoms with Gasteiger partial charge in [-0.15, -0.1) is 0 Å². The van der Waals surface area contributed by atoms with E-state index in [0.717, 1.165) is 65.9 Å². The molecule has 0 unspecified atom stereocenters. The first-order valence-corrected chi connectivity index (χ1v) is 11.6. The van der Waals surface area contributed by atoms with Crippen molar-refractivity contribution in [2.24, 2.45) is 7.05 Å². The predicted molar refractivity (Wildman–Crippen MR) is 141 cm³/mol. The summed E-state index contributed by atoms with van der Waals surface area (Å²) in [6.07, 6.45) is 2.08. The molecule has 3 heterocycles. The molecule has 3 aromatic heterocycles. The van der Waals surface area contributed by atoms with E-state index in [1.165, 1.54) is 11.1 Å². The van der Waals surface area contributed by atoms with E-state index >= 15 is 0 Å².